The minimum absolute atomic E-state index is 0.0517. The summed E-state index contributed by atoms with van der Waals surface area (Å²) in [6, 6.07) is 9.33. The number of pyridine rings is 1. The number of anilines is 3. The van der Waals surface area contributed by atoms with Crippen LogP contribution in [-0.2, 0) is 0 Å². The Kier molecular flexibility index (Phi) is 5.54. The maximum Gasteiger partial charge on any atom is 0.160 e. The summed E-state index contributed by atoms with van der Waals surface area (Å²) in [7, 11) is 2.02. The molecule has 4 rings (SSSR count). The molecule has 0 spiro atoms. The maximum atomic E-state index is 13.4. The summed E-state index contributed by atoms with van der Waals surface area (Å²) in [5.74, 6) is 0.892. The van der Waals surface area contributed by atoms with Crippen LogP contribution in [0.2, 0.25) is 5.02 Å². The van der Waals surface area contributed by atoms with E-state index in [0.717, 1.165) is 37.0 Å². The van der Waals surface area contributed by atoms with Gasteiger partial charge in [0, 0.05) is 17.8 Å². The summed E-state index contributed by atoms with van der Waals surface area (Å²) >= 11 is 5.87. The largest absolute Gasteiger partial charge is 0.367 e. The van der Waals surface area contributed by atoms with Crippen molar-refractivity contribution >= 4 is 40.0 Å². The lowest BCUT2D eigenvalue weighted by Crippen LogP contribution is -2.35. The molecular formula is C20H22ClFN6. The van der Waals surface area contributed by atoms with Gasteiger partial charge in [0.1, 0.15) is 23.5 Å². The highest BCUT2D eigenvalue weighted by atomic mass is 35.5. The van der Waals surface area contributed by atoms with Crippen molar-refractivity contribution in [1.29, 1.82) is 0 Å². The molecule has 1 fully saturated rings. The van der Waals surface area contributed by atoms with Gasteiger partial charge in [-0.2, -0.15) is 0 Å². The molecule has 0 aliphatic heterocycles. The Morgan fingerprint density at radius 1 is 1.04 bits per heavy atom. The molecular weight excluding hydrogens is 379 g/mol. The van der Waals surface area contributed by atoms with Crippen LogP contribution in [0.15, 0.2) is 36.7 Å². The number of nitrogens with one attached hydrogen (secondary N) is 3. The fourth-order valence-corrected chi connectivity index (χ4v) is 3.74. The van der Waals surface area contributed by atoms with Crippen LogP contribution in [0, 0.1) is 5.82 Å². The van der Waals surface area contributed by atoms with Crippen LogP contribution < -0.4 is 16.0 Å². The molecule has 0 amide bonds. The van der Waals surface area contributed by atoms with E-state index in [9.17, 15) is 4.39 Å². The highest BCUT2D eigenvalue weighted by molar-refractivity contribution is 6.31. The number of benzene rings is 1. The number of fused-ring (bicyclic) bond motifs is 1. The number of nitrogens with zero attached hydrogens (tertiary/aromatic N) is 3. The lowest BCUT2D eigenvalue weighted by atomic mass is 9.91. The minimum atomic E-state index is -0.461. The molecule has 1 aromatic carbocycles. The third kappa shape index (κ3) is 4.15. The van der Waals surface area contributed by atoms with Gasteiger partial charge < -0.3 is 16.0 Å². The molecule has 1 aliphatic carbocycles. The molecule has 0 atom stereocenters. The van der Waals surface area contributed by atoms with Crippen LogP contribution in [0.25, 0.3) is 11.0 Å². The van der Waals surface area contributed by atoms with Crippen molar-refractivity contribution < 1.29 is 4.39 Å². The lowest BCUT2D eigenvalue weighted by Gasteiger charge is -2.29. The predicted molar refractivity (Wildman–Crippen MR) is 111 cm³/mol. The van der Waals surface area contributed by atoms with Gasteiger partial charge in [-0.15, -0.1) is 0 Å². The molecule has 3 aromatic rings. The molecule has 0 bridgehead atoms. The zero-order valence-corrected chi connectivity index (χ0v) is 16.3. The average molecular weight is 401 g/mol. The highest BCUT2D eigenvalue weighted by Crippen LogP contribution is 2.27. The van der Waals surface area contributed by atoms with Crippen molar-refractivity contribution in [2.45, 2.75) is 37.8 Å². The zero-order chi connectivity index (χ0) is 19.5. The maximum absolute atomic E-state index is 13.4. The van der Waals surface area contributed by atoms with Crippen LogP contribution in [-0.4, -0.2) is 34.1 Å². The van der Waals surface area contributed by atoms with Crippen LogP contribution in [0.4, 0.5) is 21.7 Å². The van der Waals surface area contributed by atoms with Gasteiger partial charge in [0.25, 0.3) is 0 Å². The minimum Gasteiger partial charge on any atom is -0.367 e. The van der Waals surface area contributed by atoms with Gasteiger partial charge in [-0.25, -0.2) is 19.3 Å². The summed E-state index contributed by atoms with van der Waals surface area (Å²) < 4.78 is 13.4. The second kappa shape index (κ2) is 8.24. The second-order valence-electron chi connectivity index (χ2n) is 7.02. The van der Waals surface area contributed by atoms with Crippen LogP contribution in [0.5, 0.6) is 0 Å². The van der Waals surface area contributed by atoms with E-state index in [1.54, 1.807) is 6.07 Å². The van der Waals surface area contributed by atoms with Gasteiger partial charge in [0.15, 0.2) is 5.82 Å². The molecule has 1 aliphatic rings. The van der Waals surface area contributed by atoms with Crippen molar-refractivity contribution in [3.8, 4) is 0 Å². The average Bonchev–Trinajstić information content (AvgIpc) is 2.72. The number of aromatic nitrogens is 3. The molecule has 3 N–H and O–H groups in total. The first kappa shape index (κ1) is 18.8. The predicted octanol–water partition coefficient (Wildman–Crippen LogP) is 4.50. The Morgan fingerprint density at radius 2 is 1.82 bits per heavy atom. The van der Waals surface area contributed by atoms with E-state index in [4.69, 9.17) is 16.6 Å². The Labute approximate surface area is 167 Å². The number of hydrogen-bond acceptors (Lipinski definition) is 6. The molecule has 146 valence electrons. The van der Waals surface area contributed by atoms with Gasteiger partial charge in [-0.3, -0.25) is 0 Å². The van der Waals surface area contributed by atoms with Crippen LogP contribution in [0.1, 0.15) is 25.7 Å². The molecule has 0 saturated heterocycles. The van der Waals surface area contributed by atoms with Gasteiger partial charge in [-0.1, -0.05) is 11.6 Å². The summed E-state index contributed by atoms with van der Waals surface area (Å²) in [6.45, 7) is 0. The monoisotopic (exact) mass is 400 g/mol. The second-order valence-corrected chi connectivity index (χ2v) is 7.43. The smallest absolute Gasteiger partial charge is 0.160 e. The SMILES string of the molecule is CNC1CCC(Nc2ccc3ncnc(Nc4ccc(F)c(Cl)c4)c3n2)CC1. The normalized spacial score (nSPS) is 19.5. The van der Waals surface area contributed by atoms with E-state index in [0.29, 0.717) is 29.1 Å². The Bertz CT molecular complexity index is 974. The summed E-state index contributed by atoms with van der Waals surface area (Å²) in [4.78, 5) is 13.3. The Morgan fingerprint density at radius 3 is 2.57 bits per heavy atom. The van der Waals surface area contributed by atoms with Gasteiger partial charge in [-0.05, 0) is 63.1 Å². The van der Waals surface area contributed by atoms with Gasteiger partial charge in [0.05, 0.1) is 10.5 Å². The van der Waals surface area contributed by atoms with Crippen molar-refractivity contribution in [3.63, 3.8) is 0 Å². The number of hydrogen-bond donors (Lipinski definition) is 3. The Hall–Kier alpha value is -2.51. The number of rotatable bonds is 5. The van der Waals surface area contributed by atoms with Gasteiger partial charge >= 0.3 is 0 Å². The summed E-state index contributed by atoms with van der Waals surface area (Å²) in [5, 5.41) is 10.1. The van der Waals surface area contributed by atoms with Crippen molar-refractivity contribution in [1.82, 2.24) is 20.3 Å². The van der Waals surface area contributed by atoms with E-state index in [1.165, 1.54) is 18.5 Å². The standard InChI is InChI=1S/C20H22ClFN6/c1-23-12-2-4-13(5-3-12)26-18-9-8-17-19(28-18)20(25-11-24-17)27-14-6-7-16(22)15(21)10-14/h6-13,23H,2-5H2,1H3,(H,26,28)(H,24,25,27). The van der Waals surface area contributed by atoms with E-state index in [1.807, 2.05) is 19.2 Å². The molecule has 8 heteroatoms. The fraction of sp³-hybridized carbons (Fsp3) is 0.350. The van der Waals surface area contributed by atoms with Gasteiger partial charge in [0.2, 0.25) is 0 Å². The number of halogens is 2. The lowest BCUT2D eigenvalue weighted by molar-refractivity contribution is 0.371. The molecule has 2 aromatic heterocycles. The van der Waals surface area contributed by atoms with Crippen molar-refractivity contribution in [2.24, 2.45) is 0 Å². The third-order valence-electron chi connectivity index (χ3n) is 5.15. The van der Waals surface area contributed by atoms with Crippen LogP contribution in [0.3, 0.4) is 0 Å². The van der Waals surface area contributed by atoms with Crippen molar-refractivity contribution in [3.05, 3.63) is 47.5 Å². The zero-order valence-electron chi connectivity index (χ0n) is 15.5. The topological polar surface area (TPSA) is 74.8 Å². The molecule has 0 radical (unpaired) electrons. The van der Waals surface area contributed by atoms with Crippen molar-refractivity contribution in [2.75, 3.05) is 17.7 Å². The fourth-order valence-electron chi connectivity index (χ4n) is 3.56. The van der Waals surface area contributed by atoms with E-state index < -0.39 is 5.82 Å². The first-order valence-corrected chi connectivity index (χ1v) is 9.78. The third-order valence-corrected chi connectivity index (χ3v) is 5.44. The first-order chi connectivity index (χ1) is 13.6. The quantitative estimate of drug-likeness (QED) is 0.585. The Balaban J connectivity index is 1.56. The van der Waals surface area contributed by atoms with Crippen LogP contribution >= 0.6 is 11.6 Å². The first-order valence-electron chi connectivity index (χ1n) is 9.40. The molecule has 2 heterocycles. The highest BCUT2D eigenvalue weighted by Gasteiger charge is 2.20. The summed E-state index contributed by atoms with van der Waals surface area (Å²) in [6.07, 6.45) is 6.00. The molecule has 1 saturated carbocycles. The van der Waals surface area contributed by atoms with E-state index in [2.05, 4.69) is 25.9 Å². The molecule has 6 nitrogen and oxygen atoms in total. The summed E-state index contributed by atoms with van der Waals surface area (Å²) in [5.41, 5.74) is 2.02. The molecule has 0 unspecified atom stereocenters. The van der Waals surface area contributed by atoms with E-state index in [-0.39, 0.29) is 5.02 Å². The molecule has 28 heavy (non-hydrogen) atoms. The van der Waals surface area contributed by atoms with E-state index >= 15 is 0 Å².